The standard InChI is InChI=1S/C15H21N3O5.C8H9Br/c1-23-11-4-2-10(3-5-11)17-6-8-18(9-7-17)15(22)13(20)12(19)14(16)21;1-2-7-3-5-8(9)6-4-7/h2-5,12-13,19-20H,6-9H2,1H3,(H2,16,21);3-6H,2H2,1H3/t12?,13-;/m1./s1. The fourth-order valence-corrected chi connectivity index (χ4v) is 3.44. The number of nitrogens with two attached hydrogens (primary N) is 1. The van der Waals surface area contributed by atoms with E-state index in [9.17, 15) is 19.8 Å². The molecule has 1 heterocycles. The van der Waals surface area contributed by atoms with E-state index in [0.29, 0.717) is 26.2 Å². The number of ether oxygens (including phenoxy) is 1. The summed E-state index contributed by atoms with van der Waals surface area (Å²) >= 11 is 3.37. The Balaban J connectivity index is 0.000000336. The molecule has 1 saturated heterocycles. The van der Waals surface area contributed by atoms with E-state index in [1.165, 1.54) is 10.5 Å². The minimum absolute atomic E-state index is 0.382. The quantitative estimate of drug-likeness (QED) is 0.546. The molecule has 0 radical (unpaired) electrons. The molecule has 32 heavy (non-hydrogen) atoms. The Bertz CT molecular complexity index is 868. The number of methoxy groups -OCH3 is 1. The number of hydrogen-bond acceptors (Lipinski definition) is 6. The Kier molecular flexibility index (Phi) is 9.96. The first kappa shape index (κ1) is 25.6. The largest absolute Gasteiger partial charge is 0.497 e. The molecule has 0 bridgehead atoms. The molecule has 4 N–H and O–H groups in total. The zero-order valence-corrected chi connectivity index (χ0v) is 19.9. The van der Waals surface area contributed by atoms with Gasteiger partial charge in [-0.15, -0.1) is 0 Å². The number of amides is 2. The first-order valence-corrected chi connectivity index (χ1v) is 11.1. The average Bonchev–Trinajstić information content (AvgIpc) is 2.83. The molecule has 2 aromatic rings. The second-order valence-corrected chi connectivity index (χ2v) is 8.20. The van der Waals surface area contributed by atoms with Gasteiger partial charge in [-0.25, -0.2) is 0 Å². The monoisotopic (exact) mass is 507 g/mol. The van der Waals surface area contributed by atoms with E-state index in [1.54, 1.807) is 7.11 Å². The van der Waals surface area contributed by atoms with Gasteiger partial charge in [0.25, 0.3) is 5.91 Å². The SMILES string of the molecule is CCc1ccc(Br)cc1.COc1ccc(N2CCN(C(=O)[C@H](O)C(O)C(N)=O)CC2)cc1. The van der Waals surface area contributed by atoms with Crippen molar-refractivity contribution in [1.82, 2.24) is 4.90 Å². The highest BCUT2D eigenvalue weighted by atomic mass is 79.9. The molecule has 1 unspecified atom stereocenters. The van der Waals surface area contributed by atoms with Crippen LogP contribution in [0.4, 0.5) is 5.69 Å². The molecular weight excluding hydrogens is 478 g/mol. The van der Waals surface area contributed by atoms with Gasteiger partial charge >= 0.3 is 0 Å². The van der Waals surface area contributed by atoms with Crippen LogP contribution in [0.15, 0.2) is 53.0 Å². The van der Waals surface area contributed by atoms with E-state index in [2.05, 4.69) is 52.0 Å². The molecule has 1 aliphatic rings. The summed E-state index contributed by atoms with van der Waals surface area (Å²) in [6.07, 6.45) is -2.59. The molecule has 9 heteroatoms. The average molecular weight is 508 g/mol. The molecule has 0 aliphatic carbocycles. The Hall–Kier alpha value is -2.62. The summed E-state index contributed by atoms with van der Waals surface area (Å²) in [5.74, 6) is -1.04. The van der Waals surface area contributed by atoms with Crippen molar-refractivity contribution in [1.29, 1.82) is 0 Å². The Morgan fingerprint density at radius 3 is 2.03 bits per heavy atom. The van der Waals surface area contributed by atoms with Gasteiger partial charge in [0.2, 0.25) is 5.91 Å². The van der Waals surface area contributed by atoms with E-state index in [0.717, 1.165) is 22.3 Å². The molecule has 1 aliphatic heterocycles. The Morgan fingerprint density at radius 2 is 1.56 bits per heavy atom. The maximum atomic E-state index is 12.0. The van der Waals surface area contributed by atoms with Crippen LogP contribution in [0.2, 0.25) is 0 Å². The lowest BCUT2D eigenvalue weighted by molar-refractivity contribution is -0.152. The van der Waals surface area contributed by atoms with Gasteiger partial charge in [0.1, 0.15) is 5.75 Å². The number of aliphatic hydroxyl groups excluding tert-OH is 2. The Labute approximate surface area is 196 Å². The number of rotatable bonds is 6. The second-order valence-electron chi connectivity index (χ2n) is 7.28. The first-order valence-electron chi connectivity index (χ1n) is 10.3. The van der Waals surface area contributed by atoms with Crippen molar-refractivity contribution in [2.24, 2.45) is 5.73 Å². The van der Waals surface area contributed by atoms with Gasteiger partial charge < -0.3 is 30.5 Å². The number of carbonyl (C=O) groups is 2. The van der Waals surface area contributed by atoms with Crippen molar-refractivity contribution in [3.63, 3.8) is 0 Å². The zero-order chi connectivity index (χ0) is 23.7. The maximum Gasteiger partial charge on any atom is 0.254 e. The summed E-state index contributed by atoms with van der Waals surface area (Å²) in [5.41, 5.74) is 7.28. The number of hydrogen-bond donors (Lipinski definition) is 3. The van der Waals surface area contributed by atoms with Crippen LogP contribution in [-0.2, 0) is 16.0 Å². The number of aliphatic hydroxyl groups is 2. The molecule has 2 aromatic carbocycles. The van der Waals surface area contributed by atoms with Gasteiger partial charge in [0.15, 0.2) is 12.2 Å². The maximum absolute atomic E-state index is 12.0. The normalized spacial score (nSPS) is 15.3. The van der Waals surface area contributed by atoms with Crippen LogP contribution in [-0.4, -0.2) is 72.4 Å². The van der Waals surface area contributed by atoms with Gasteiger partial charge in [0.05, 0.1) is 7.11 Å². The van der Waals surface area contributed by atoms with E-state index in [4.69, 9.17) is 10.5 Å². The van der Waals surface area contributed by atoms with Gasteiger partial charge in [-0.3, -0.25) is 9.59 Å². The van der Waals surface area contributed by atoms with Crippen molar-refractivity contribution in [3.8, 4) is 5.75 Å². The summed E-state index contributed by atoms with van der Waals surface area (Å²) in [7, 11) is 1.60. The molecule has 174 valence electrons. The summed E-state index contributed by atoms with van der Waals surface area (Å²) in [4.78, 5) is 26.4. The number of aryl methyl sites for hydroxylation is 1. The fourth-order valence-electron chi connectivity index (χ4n) is 3.18. The lowest BCUT2D eigenvalue weighted by Gasteiger charge is -2.37. The van der Waals surface area contributed by atoms with E-state index < -0.39 is 24.0 Å². The minimum Gasteiger partial charge on any atom is -0.497 e. The lowest BCUT2D eigenvalue weighted by Crippen LogP contribution is -2.55. The summed E-state index contributed by atoms with van der Waals surface area (Å²) < 4.78 is 6.26. The van der Waals surface area contributed by atoms with Crippen molar-refractivity contribution >= 4 is 33.4 Å². The molecule has 8 nitrogen and oxygen atoms in total. The van der Waals surface area contributed by atoms with Crippen LogP contribution in [0.25, 0.3) is 0 Å². The van der Waals surface area contributed by atoms with Crippen molar-refractivity contribution in [3.05, 3.63) is 58.6 Å². The van der Waals surface area contributed by atoms with Crippen LogP contribution in [0, 0.1) is 0 Å². The summed E-state index contributed by atoms with van der Waals surface area (Å²) in [6.45, 7) is 4.08. The van der Waals surface area contributed by atoms with Crippen LogP contribution in [0.5, 0.6) is 5.75 Å². The van der Waals surface area contributed by atoms with Gasteiger partial charge in [-0.2, -0.15) is 0 Å². The number of primary amides is 1. The molecule has 0 aromatic heterocycles. The topological polar surface area (TPSA) is 116 Å². The van der Waals surface area contributed by atoms with Crippen molar-refractivity contribution in [2.75, 3.05) is 38.2 Å². The third-order valence-electron chi connectivity index (χ3n) is 5.19. The first-order chi connectivity index (χ1) is 15.3. The fraction of sp³-hybridized carbons (Fsp3) is 0.391. The number of anilines is 1. The van der Waals surface area contributed by atoms with Crippen LogP contribution in [0.1, 0.15) is 12.5 Å². The highest BCUT2D eigenvalue weighted by Crippen LogP contribution is 2.20. The van der Waals surface area contributed by atoms with Gasteiger partial charge in [-0.1, -0.05) is 35.0 Å². The molecule has 2 atom stereocenters. The van der Waals surface area contributed by atoms with E-state index in [1.807, 2.05) is 24.3 Å². The van der Waals surface area contributed by atoms with Crippen molar-refractivity contribution in [2.45, 2.75) is 25.6 Å². The molecule has 2 amide bonds. The summed E-state index contributed by atoms with van der Waals surface area (Å²) in [6, 6.07) is 16.0. The molecular formula is C23H30BrN3O5. The van der Waals surface area contributed by atoms with Crippen LogP contribution < -0.4 is 15.4 Å². The zero-order valence-electron chi connectivity index (χ0n) is 18.3. The highest BCUT2D eigenvalue weighted by molar-refractivity contribution is 9.10. The minimum atomic E-state index is -1.89. The third kappa shape index (κ3) is 7.22. The highest BCUT2D eigenvalue weighted by Gasteiger charge is 2.33. The van der Waals surface area contributed by atoms with Gasteiger partial charge in [0, 0.05) is 36.3 Å². The number of benzene rings is 2. The summed E-state index contributed by atoms with van der Waals surface area (Å²) in [5, 5.41) is 19.1. The predicted molar refractivity (Wildman–Crippen MR) is 127 cm³/mol. The number of carbonyl (C=O) groups excluding carboxylic acids is 2. The predicted octanol–water partition coefficient (Wildman–Crippen LogP) is 1.56. The smallest absolute Gasteiger partial charge is 0.254 e. The lowest BCUT2D eigenvalue weighted by atomic mass is 10.1. The molecule has 3 rings (SSSR count). The van der Waals surface area contributed by atoms with E-state index >= 15 is 0 Å². The molecule has 0 saturated carbocycles. The molecule has 1 fully saturated rings. The van der Waals surface area contributed by atoms with Crippen LogP contribution >= 0.6 is 15.9 Å². The Morgan fingerprint density at radius 1 is 1.00 bits per heavy atom. The van der Waals surface area contributed by atoms with Crippen molar-refractivity contribution < 1.29 is 24.5 Å². The van der Waals surface area contributed by atoms with Crippen LogP contribution in [0.3, 0.4) is 0 Å². The number of piperazine rings is 1. The van der Waals surface area contributed by atoms with E-state index in [-0.39, 0.29) is 0 Å². The van der Waals surface area contributed by atoms with Gasteiger partial charge in [-0.05, 0) is 48.4 Å². The second kappa shape index (κ2) is 12.4. The number of halogens is 1. The number of nitrogens with zero attached hydrogens (tertiary/aromatic N) is 2. The molecule has 0 spiro atoms. The third-order valence-corrected chi connectivity index (χ3v) is 5.72.